The van der Waals surface area contributed by atoms with Gasteiger partial charge in [-0.3, -0.25) is 0 Å². The summed E-state index contributed by atoms with van der Waals surface area (Å²) in [5, 5.41) is 2.23. The van der Waals surface area contributed by atoms with Crippen LogP contribution in [0.25, 0.3) is 44.2 Å². The minimum atomic E-state index is 0.175. The molecule has 1 heterocycles. The first kappa shape index (κ1) is 36.5. The van der Waals surface area contributed by atoms with Crippen molar-refractivity contribution in [3.63, 3.8) is 0 Å². The molecule has 0 saturated carbocycles. The molecule has 0 aliphatic heterocycles. The molecule has 59 heavy (non-hydrogen) atoms. The molecule has 0 fully saturated rings. The Morgan fingerprint density at radius 1 is 0.339 bits per heavy atom. The van der Waals surface area contributed by atoms with Gasteiger partial charge in [0.05, 0.1) is 0 Å². The Kier molecular flexibility index (Phi) is 8.98. The number of nitrogens with zero attached hydrogens (tertiary/aromatic N) is 2. The first-order valence-corrected chi connectivity index (χ1v) is 20.8. The lowest BCUT2D eigenvalue weighted by atomic mass is 9.63. The smallest absolute Gasteiger partial charge is 0.135 e. The van der Waals surface area contributed by atoms with E-state index in [4.69, 9.17) is 4.42 Å². The molecule has 3 nitrogen and oxygen atoms in total. The Labute approximate surface area is 347 Å². The van der Waals surface area contributed by atoms with E-state index < -0.39 is 0 Å². The van der Waals surface area contributed by atoms with E-state index in [1.807, 2.05) is 12.1 Å². The van der Waals surface area contributed by atoms with Gasteiger partial charge < -0.3 is 14.2 Å². The summed E-state index contributed by atoms with van der Waals surface area (Å²) in [5.41, 5.74) is 16.6. The third-order valence-electron chi connectivity index (χ3n) is 12.5. The van der Waals surface area contributed by atoms with Crippen molar-refractivity contribution in [3.8, 4) is 22.3 Å². The molecular weight excluding hydrogens is 717 g/mol. The lowest BCUT2D eigenvalue weighted by molar-refractivity contribution is 0.332. The standard InChI is InChI=1S/C56H48N2O/c1-55(2)35-36-56(3,4)52-37-42(25-33-51(52)55)41-23-30-46(31-24-41)57(43-13-7-5-8-14-43)45-26-19-39(20-27-45)40-21-28-47(29-22-40)58(44-15-9-6-10-16-44)48-32-34-54-50(38-48)49-17-11-12-18-53(49)59-54/h5-34,37-38H,35-36H2,1-4H3. The maximum absolute atomic E-state index is 6.16. The Bertz CT molecular complexity index is 2910. The van der Waals surface area contributed by atoms with Gasteiger partial charge in [0, 0.05) is 44.9 Å². The Balaban J connectivity index is 0.947. The number of rotatable bonds is 8. The molecule has 1 aliphatic carbocycles. The lowest BCUT2D eigenvalue weighted by Crippen LogP contribution is -2.33. The average Bonchev–Trinajstić information content (AvgIpc) is 3.65. The Hall–Kier alpha value is -6.84. The van der Waals surface area contributed by atoms with E-state index in [0.717, 1.165) is 61.6 Å². The van der Waals surface area contributed by atoms with Crippen LogP contribution in [-0.4, -0.2) is 0 Å². The summed E-state index contributed by atoms with van der Waals surface area (Å²) in [6, 6.07) is 70.0. The van der Waals surface area contributed by atoms with Crippen molar-refractivity contribution in [2.24, 2.45) is 0 Å². The summed E-state index contributed by atoms with van der Waals surface area (Å²) >= 11 is 0. The van der Waals surface area contributed by atoms with Crippen LogP contribution in [0.3, 0.4) is 0 Å². The molecule has 0 N–H and O–H groups in total. The predicted octanol–water partition coefficient (Wildman–Crippen LogP) is 16.2. The van der Waals surface area contributed by atoms with Gasteiger partial charge in [-0.15, -0.1) is 0 Å². The van der Waals surface area contributed by atoms with Gasteiger partial charge in [0.25, 0.3) is 0 Å². The summed E-state index contributed by atoms with van der Waals surface area (Å²) in [4.78, 5) is 4.65. The van der Waals surface area contributed by atoms with Crippen LogP contribution in [0.5, 0.6) is 0 Å². The van der Waals surface area contributed by atoms with Gasteiger partial charge in [-0.2, -0.15) is 0 Å². The summed E-state index contributed by atoms with van der Waals surface area (Å²) in [6.07, 6.45) is 2.43. The van der Waals surface area contributed by atoms with Gasteiger partial charge in [-0.25, -0.2) is 0 Å². The van der Waals surface area contributed by atoms with Gasteiger partial charge in [-0.1, -0.05) is 137 Å². The maximum atomic E-state index is 6.16. The molecule has 0 atom stereocenters. The van der Waals surface area contributed by atoms with E-state index in [9.17, 15) is 0 Å². The molecule has 1 aliphatic rings. The molecule has 0 amide bonds. The zero-order valence-corrected chi connectivity index (χ0v) is 34.2. The number of hydrogen-bond acceptors (Lipinski definition) is 3. The molecule has 3 heteroatoms. The number of para-hydroxylation sites is 3. The fraction of sp³-hybridized carbons (Fsp3) is 0.143. The second kappa shape index (κ2) is 14.5. The van der Waals surface area contributed by atoms with E-state index in [1.165, 1.54) is 40.7 Å². The third kappa shape index (κ3) is 6.77. The van der Waals surface area contributed by atoms with Crippen molar-refractivity contribution in [2.45, 2.75) is 51.4 Å². The maximum Gasteiger partial charge on any atom is 0.135 e. The highest BCUT2D eigenvalue weighted by Crippen LogP contribution is 2.47. The fourth-order valence-electron chi connectivity index (χ4n) is 9.08. The van der Waals surface area contributed by atoms with E-state index >= 15 is 0 Å². The van der Waals surface area contributed by atoms with Crippen LogP contribution < -0.4 is 9.80 Å². The van der Waals surface area contributed by atoms with Crippen LogP contribution in [0.15, 0.2) is 199 Å². The van der Waals surface area contributed by atoms with Crippen LogP contribution in [0, 0.1) is 0 Å². The third-order valence-corrected chi connectivity index (χ3v) is 12.5. The lowest BCUT2D eigenvalue weighted by Gasteiger charge is -2.42. The highest BCUT2D eigenvalue weighted by atomic mass is 16.3. The van der Waals surface area contributed by atoms with Gasteiger partial charge >= 0.3 is 0 Å². The predicted molar refractivity (Wildman–Crippen MR) is 249 cm³/mol. The van der Waals surface area contributed by atoms with Crippen molar-refractivity contribution in [3.05, 3.63) is 205 Å². The molecule has 10 rings (SSSR count). The van der Waals surface area contributed by atoms with Crippen LogP contribution in [0.4, 0.5) is 34.1 Å². The fourth-order valence-corrected chi connectivity index (χ4v) is 9.08. The minimum Gasteiger partial charge on any atom is -0.456 e. The van der Waals surface area contributed by atoms with E-state index in [0.29, 0.717) is 0 Å². The molecule has 1 aromatic heterocycles. The first-order valence-electron chi connectivity index (χ1n) is 20.8. The highest BCUT2D eigenvalue weighted by Gasteiger charge is 2.37. The van der Waals surface area contributed by atoms with Crippen molar-refractivity contribution in [1.29, 1.82) is 0 Å². The monoisotopic (exact) mass is 764 g/mol. The molecule has 9 aromatic rings. The number of anilines is 6. The SMILES string of the molecule is CC1(C)CCC(C)(C)c2cc(-c3ccc(N(c4ccccc4)c4ccc(-c5ccc(N(c6ccccc6)c6ccc7oc8ccccc8c7c6)cc5)cc4)cc3)ccc21. The van der Waals surface area contributed by atoms with Crippen molar-refractivity contribution < 1.29 is 4.42 Å². The summed E-state index contributed by atoms with van der Waals surface area (Å²) < 4.78 is 6.16. The number of fused-ring (bicyclic) bond motifs is 4. The summed E-state index contributed by atoms with van der Waals surface area (Å²) in [5.74, 6) is 0. The molecule has 8 aromatic carbocycles. The molecule has 0 unspecified atom stereocenters. The number of benzene rings is 8. The van der Waals surface area contributed by atoms with Gasteiger partial charge in [0.2, 0.25) is 0 Å². The summed E-state index contributed by atoms with van der Waals surface area (Å²) in [7, 11) is 0. The second-order valence-corrected chi connectivity index (χ2v) is 17.3. The topological polar surface area (TPSA) is 19.6 Å². The molecule has 0 saturated heterocycles. The van der Waals surface area contributed by atoms with E-state index in [2.05, 4.69) is 219 Å². The largest absolute Gasteiger partial charge is 0.456 e. The Morgan fingerprint density at radius 2 is 0.746 bits per heavy atom. The van der Waals surface area contributed by atoms with Gasteiger partial charge in [0.15, 0.2) is 0 Å². The molecule has 288 valence electrons. The van der Waals surface area contributed by atoms with Gasteiger partial charge in [0.1, 0.15) is 11.2 Å². The zero-order valence-electron chi connectivity index (χ0n) is 34.2. The quantitative estimate of drug-likeness (QED) is 0.154. The average molecular weight is 765 g/mol. The molecule has 0 bridgehead atoms. The van der Waals surface area contributed by atoms with E-state index in [1.54, 1.807) is 0 Å². The minimum absolute atomic E-state index is 0.175. The van der Waals surface area contributed by atoms with Crippen LogP contribution >= 0.6 is 0 Å². The van der Waals surface area contributed by atoms with Crippen LogP contribution in [0.2, 0.25) is 0 Å². The second-order valence-electron chi connectivity index (χ2n) is 17.3. The van der Waals surface area contributed by atoms with Crippen LogP contribution in [-0.2, 0) is 10.8 Å². The normalized spacial score (nSPS) is 14.2. The number of hydrogen-bond donors (Lipinski definition) is 0. The molecule has 0 spiro atoms. The molecule has 0 radical (unpaired) electrons. The number of furan rings is 1. The summed E-state index contributed by atoms with van der Waals surface area (Å²) in [6.45, 7) is 9.58. The van der Waals surface area contributed by atoms with Crippen LogP contribution in [0.1, 0.15) is 51.7 Å². The first-order chi connectivity index (χ1) is 28.7. The van der Waals surface area contributed by atoms with Crippen molar-refractivity contribution in [2.75, 3.05) is 9.80 Å². The zero-order chi connectivity index (χ0) is 40.1. The van der Waals surface area contributed by atoms with E-state index in [-0.39, 0.29) is 10.8 Å². The van der Waals surface area contributed by atoms with Crippen molar-refractivity contribution >= 4 is 56.1 Å². The van der Waals surface area contributed by atoms with Gasteiger partial charge in [-0.05, 0) is 142 Å². The molecular formula is C56H48N2O. The van der Waals surface area contributed by atoms with Crippen molar-refractivity contribution in [1.82, 2.24) is 0 Å². The Morgan fingerprint density at radius 3 is 1.31 bits per heavy atom. The highest BCUT2D eigenvalue weighted by molar-refractivity contribution is 6.06.